The Hall–Kier alpha value is -2.45. The Morgan fingerprint density at radius 1 is 1.17 bits per heavy atom. The van der Waals surface area contributed by atoms with Gasteiger partial charge in [0.25, 0.3) is 0 Å². The molecule has 1 aliphatic rings. The van der Waals surface area contributed by atoms with Crippen LogP contribution in [0, 0.1) is 5.41 Å². The molecule has 2 aromatic heterocycles. The molecule has 0 spiro atoms. The highest BCUT2D eigenvalue weighted by molar-refractivity contribution is 9.10. The minimum Gasteiger partial charge on any atom is -0.469 e. The molecule has 4 aromatic rings. The molecule has 5 rings (SSSR count). The fraction of sp³-hybridized carbons (Fsp3) is 0.353. The summed E-state index contributed by atoms with van der Waals surface area (Å²) in [5.41, 5.74) is 5.65. The van der Waals surface area contributed by atoms with Gasteiger partial charge in [-0.15, -0.1) is 11.3 Å². The van der Waals surface area contributed by atoms with Gasteiger partial charge in [0.15, 0.2) is 0 Å². The molecule has 1 atom stereocenters. The van der Waals surface area contributed by atoms with Crippen LogP contribution in [0.5, 0.6) is 0 Å². The van der Waals surface area contributed by atoms with Crippen LogP contribution < -0.4 is 0 Å². The lowest BCUT2D eigenvalue weighted by Gasteiger charge is -2.24. The molecule has 0 radical (unpaired) electrons. The molecule has 0 amide bonds. The average molecular weight is 651 g/mol. The van der Waals surface area contributed by atoms with Crippen LogP contribution >= 0.6 is 39.0 Å². The molecule has 1 aliphatic carbocycles. The molecule has 41 heavy (non-hydrogen) atoms. The van der Waals surface area contributed by atoms with Crippen molar-refractivity contribution in [1.82, 2.24) is 4.98 Å². The third-order valence-electron chi connectivity index (χ3n) is 7.77. The number of aryl methyl sites for hydroxylation is 1. The van der Waals surface area contributed by atoms with Crippen molar-refractivity contribution in [3.8, 4) is 0 Å². The lowest BCUT2D eigenvalue weighted by atomic mass is 9.90. The molecular weight excluding hydrogens is 614 g/mol. The molecule has 2 aromatic carbocycles. The smallest absolute Gasteiger partial charge is 0.306 e. The summed E-state index contributed by atoms with van der Waals surface area (Å²) in [4.78, 5) is 16.9. The number of rotatable bonds is 12. The van der Waals surface area contributed by atoms with Gasteiger partial charge < -0.3 is 9.84 Å². The maximum atomic E-state index is 12.1. The Balaban J connectivity index is 1.37. The number of thiophene rings is 1. The monoisotopic (exact) mass is 649 g/mol. The molecule has 1 saturated carbocycles. The second-order valence-corrected chi connectivity index (χ2v) is 14.4. The molecule has 214 valence electrons. The van der Waals surface area contributed by atoms with Gasteiger partial charge in [-0.25, -0.2) is 4.98 Å². The summed E-state index contributed by atoms with van der Waals surface area (Å²) in [7, 11) is 1.47. The number of carbonyl (C=O) groups is 1. The first kappa shape index (κ1) is 30.0. The van der Waals surface area contributed by atoms with E-state index in [2.05, 4.69) is 75.9 Å². The zero-order chi connectivity index (χ0) is 29.0. The Morgan fingerprint density at radius 3 is 2.73 bits per heavy atom. The molecule has 4 nitrogen and oxygen atoms in total. The number of hydrogen-bond donors (Lipinski definition) is 1. The van der Waals surface area contributed by atoms with Crippen LogP contribution in [0.1, 0.15) is 72.7 Å². The van der Waals surface area contributed by atoms with Crippen LogP contribution in [0.4, 0.5) is 0 Å². The SMILES string of the molecule is COC(=O)CC1(CSC(CCc2ccccc2C(C)(C)O)c2cccc(/C=C/c3ccc4scc(Br)c4n3)c2)CC1. The third-order valence-corrected chi connectivity index (χ3v) is 11.3. The van der Waals surface area contributed by atoms with Crippen LogP contribution in [-0.2, 0) is 21.6 Å². The molecule has 1 unspecified atom stereocenters. The van der Waals surface area contributed by atoms with E-state index in [1.807, 2.05) is 43.8 Å². The first-order chi connectivity index (χ1) is 19.7. The van der Waals surface area contributed by atoms with E-state index in [1.165, 1.54) is 22.9 Å². The number of esters is 1. The van der Waals surface area contributed by atoms with Gasteiger partial charge in [0.1, 0.15) is 0 Å². The highest BCUT2D eigenvalue weighted by Crippen LogP contribution is 2.53. The summed E-state index contributed by atoms with van der Waals surface area (Å²) in [6.45, 7) is 3.70. The summed E-state index contributed by atoms with van der Waals surface area (Å²) < 4.78 is 7.18. The fourth-order valence-electron chi connectivity index (χ4n) is 5.21. The normalized spacial score (nSPS) is 15.3. The topological polar surface area (TPSA) is 59.4 Å². The van der Waals surface area contributed by atoms with Crippen molar-refractivity contribution in [2.24, 2.45) is 5.41 Å². The van der Waals surface area contributed by atoms with E-state index in [9.17, 15) is 9.90 Å². The van der Waals surface area contributed by atoms with E-state index in [1.54, 1.807) is 11.3 Å². The second-order valence-electron chi connectivity index (χ2n) is 11.5. The van der Waals surface area contributed by atoms with Gasteiger partial charge in [-0.05, 0) is 101 Å². The van der Waals surface area contributed by atoms with Gasteiger partial charge in [-0.2, -0.15) is 11.8 Å². The second kappa shape index (κ2) is 12.8. The fourth-order valence-corrected chi connectivity index (χ4v) is 8.25. The number of aromatic nitrogens is 1. The van der Waals surface area contributed by atoms with Crippen molar-refractivity contribution in [1.29, 1.82) is 0 Å². The predicted octanol–water partition coefficient (Wildman–Crippen LogP) is 9.21. The van der Waals surface area contributed by atoms with Crippen molar-refractivity contribution in [3.05, 3.63) is 98.5 Å². The number of carbonyl (C=O) groups excluding carboxylic acids is 1. The van der Waals surface area contributed by atoms with Crippen LogP contribution in [0.25, 0.3) is 22.4 Å². The number of pyridine rings is 1. The molecule has 0 aliphatic heterocycles. The van der Waals surface area contributed by atoms with Crippen LogP contribution in [0.2, 0.25) is 0 Å². The van der Waals surface area contributed by atoms with Crippen molar-refractivity contribution >= 4 is 67.4 Å². The molecule has 2 heterocycles. The molecule has 1 fully saturated rings. The first-order valence-corrected chi connectivity index (χ1v) is 16.7. The summed E-state index contributed by atoms with van der Waals surface area (Å²) in [5, 5.41) is 13.1. The van der Waals surface area contributed by atoms with Gasteiger partial charge in [-0.3, -0.25) is 4.79 Å². The number of aliphatic hydroxyl groups is 1. The van der Waals surface area contributed by atoms with E-state index >= 15 is 0 Å². The minimum absolute atomic E-state index is 0.0543. The minimum atomic E-state index is -0.891. The Kier molecular flexibility index (Phi) is 9.39. The van der Waals surface area contributed by atoms with Gasteiger partial charge in [-0.1, -0.05) is 54.6 Å². The van der Waals surface area contributed by atoms with Crippen LogP contribution in [0.3, 0.4) is 0 Å². The maximum absolute atomic E-state index is 12.1. The molecule has 0 bridgehead atoms. The number of hydrogen-bond acceptors (Lipinski definition) is 6. The van der Waals surface area contributed by atoms with Crippen LogP contribution in [-0.4, -0.2) is 28.9 Å². The molecule has 0 saturated heterocycles. The zero-order valence-corrected chi connectivity index (χ0v) is 26.9. The standard InChI is InChI=1S/C34H36BrNO3S2/c1-33(2,38)27-10-5-4-8-24(27)12-15-29(41-22-34(17-18-34)20-31(37)39-3)25-9-6-7-23(19-25)11-13-26-14-16-30-32(36-26)28(35)21-40-30/h4-11,13-14,16,19,21,29,38H,12,15,17-18,20,22H2,1-3H3/b13-11+. The Labute approximate surface area is 259 Å². The summed E-state index contributed by atoms with van der Waals surface area (Å²) in [6, 6.07) is 21.1. The van der Waals surface area contributed by atoms with Gasteiger partial charge in [0.2, 0.25) is 0 Å². The molecular formula is C34H36BrNO3S2. The van der Waals surface area contributed by atoms with Crippen molar-refractivity contribution in [2.75, 3.05) is 12.9 Å². The van der Waals surface area contributed by atoms with E-state index < -0.39 is 5.60 Å². The maximum Gasteiger partial charge on any atom is 0.306 e. The first-order valence-electron chi connectivity index (χ1n) is 14.0. The van der Waals surface area contributed by atoms with E-state index in [0.717, 1.165) is 58.2 Å². The molecule has 7 heteroatoms. The highest BCUT2D eigenvalue weighted by Gasteiger charge is 2.45. The highest BCUT2D eigenvalue weighted by atomic mass is 79.9. The number of benzene rings is 2. The van der Waals surface area contributed by atoms with Gasteiger partial charge in [0, 0.05) is 16.4 Å². The lowest BCUT2D eigenvalue weighted by Crippen LogP contribution is -2.18. The Bertz CT molecular complexity index is 1550. The number of fused-ring (bicyclic) bond motifs is 1. The number of methoxy groups -OCH3 is 1. The number of nitrogens with zero attached hydrogens (tertiary/aromatic N) is 1. The van der Waals surface area contributed by atoms with Gasteiger partial charge in [0.05, 0.1) is 39.5 Å². The lowest BCUT2D eigenvalue weighted by molar-refractivity contribution is -0.141. The number of ether oxygens (including phenoxy) is 1. The van der Waals surface area contributed by atoms with Gasteiger partial charge >= 0.3 is 5.97 Å². The quantitative estimate of drug-likeness (QED) is 0.155. The Morgan fingerprint density at radius 2 is 1.98 bits per heavy atom. The molecule has 1 N–H and O–H groups in total. The third kappa shape index (κ3) is 7.69. The van der Waals surface area contributed by atoms with Crippen molar-refractivity contribution in [3.63, 3.8) is 0 Å². The summed E-state index contributed by atoms with van der Waals surface area (Å²) in [6.07, 6.45) is 8.63. The number of thioether (sulfide) groups is 1. The largest absolute Gasteiger partial charge is 0.469 e. The summed E-state index contributed by atoms with van der Waals surface area (Å²) in [5.74, 6) is 0.812. The van der Waals surface area contributed by atoms with E-state index in [4.69, 9.17) is 9.72 Å². The zero-order valence-electron chi connectivity index (χ0n) is 23.7. The van der Waals surface area contributed by atoms with E-state index in [-0.39, 0.29) is 16.6 Å². The van der Waals surface area contributed by atoms with E-state index in [0.29, 0.717) is 6.42 Å². The summed E-state index contributed by atoms with van der Waals surface area (Å²) >= 11 is 7.23. The van der Waals surface area contributed by atoms with Crippen molar-refractivity contribution in [2.45, 2.75) is 56.8 Å². The predicted molar refractivity (Wildman–Crippen MR) is 176 cm³/mol. The number of halogens is 1. The van der Waals surface area contributed by atoms with Crippen molar-refractivity contribution < 1.29 is 14.6 Å². The average Bonchev–Trinajstić information content (AvgIpc) is 3.63. The van der Waals surface area contributed by atoms with Crippen LogP contribution in [0.15, 0.2) is 70.5 Å².